The third-order valence-electron chi connectivity index (χ3n) is 3.91. The number of anilines is 1. The number of para-hydroxylation sites is 1. The summed E-state index contributed by atoms with van der Waals surface area (Å²) in [7, 11) is 0. The first-order chi connectivity index (χ1) is 14.0. The first-order valence-corrected chi connectivity index (χ1v) is 9.18. The lowest BCUT2D eigenvalue weighted by atomic mass is 10.2. The van der Waals surface area contributed by atoms with Crippen molar-refractivity contribution in [3.8, 4) is 5.75 Å². The van der Waals surface area contributed by atoms with E-state index in [0.29, 0.717) is 16.6 Å². The Morgan fingerprint density at radius 1 is 1.14 bits per heavy atom. The smallest absolute Gasteiger partial charge is 0.258 e. The quantitative estimate of drug-likeness (QED) is 0.504. The molecular weight excluding hydrogens is 417 g/mol. The van der Waals surface area contributed by atoms with E-state index in [0.717, 1.165) is 0 Å². The maximum Gasteiger partial charge on any atom is 0.258 e. The molecule has 0 fully saturated rings. The van der Waals surface area contributed by atoms with Crippen LogP contribution in [-0.4, -0.2) is 25.5 Å². The van der Waals surface area contributed by atoms with Crippen molar-refractivity contribution in [2.24, 2.45) is 0 Å². The van der Waals surface area contributed by atoms with Gasteiger partial charge >= 0.3 is 0 Å². The second kappa shape index (κ2) is 7.94. The van der Waals surface area contributed by atoms with Gasteiger partial charge in [0, 0.05) is 11.1 Å². The molecule has 4 rings (SSSR count). The van der Waals surface area contributed by atoms with Gasteiger partial charge in [0.1, 0.15) is 18.2 Å². The van der Waals surface area contributed by atoms with E-state index in [9.17, 15) is 9.59 Å². The van der Waals surface area contributed by atoms with Crippen molar-refractivity contribution in [1.29, 1.82) is 0 Å². The number of halogens is 2. The third kappa shape index (κ3) is 4.23. The van der Waals surface area contributed by atoms with Gasteiger partial charge in [0.25, 0.3) is 11.5 Å². The molecule has 2 aromatic heterocycles. The predicted octanol–water partition coefficient (Wildman–Crippen LogP) is 3.56. The molecule has 0 bridgehead atoms. The number of nitrogens with zero attached hydrogens (tertiary/aromatic N) is 3. The minimum atomic E-state index is -0.517. The molecule has 0 saturated heterocycles. The first-order valence-electron chi connectivity index (χ1n) is 8.43. The highest BCUT2D eigenvalue weighted by atomic mass is 35.5. The van der Waals surface area contributed by atoms with Crippen molar-refractivity contribution >= 4 is 40.7 Å². The van der Waals surface area contributed by atoms with Crippen LogP contribution >= 0.6 is 23.2 Å². The minimum absolute atomic E-state index is 0.0874. The third-order valence-corrected chi connectivity index (χ3v) is 4.46. The molecule has 29 heavy (non-hydrogen) atoms. The van der Waals surface area contributed by atoms with Crippen molar-refractivity contribution < 1.29 is 9.53 Å². The molecule has 0 aliphatic carbocycles. The van der Waals surface area contributed by atoms with E-state index in [-0.39, 0.29) is 28.8 Å². The fourth-order valence-electron chi connectivity index (χ4n) is 2.61. The fraction of sp³-hybridized carbons (Fsp3) is 0.0526. The molecular formula is C19H13Cl2N5O3. The molecule has 0 spiro atoms. The van der Waals surface area contributed by atoms with Gasteiger partial charge in [0.2, 0.25) is 5.78 Å². The number of aromatic amines is 1. The van der Waals surface area contributed by atoms with E-state index < -0.39 is 11.5 Å². The largest absolute Gasteiger partial charge is 0.486 e. The Labute approximate surface area is 174 Å². The van der Waals surface area contributed by atoms with Crippen molar-refractivity contribution in [1.82, 2.24) is 19.6 Å². The standard InChI is InChI=1S/C19H13Cl2N5O3/c20-11-6-7-13(14(21)8-11)18(28)23-16-9-17(27)24-19-22-15(25-26(16)19)10-29-12-4-2-1-3-5-12/h1-9H,10H2,(H,23,28)(H,22,24,25,27). The molecule has 8 nitrogen and oxygen atoms in total. The number of hydrogen-bond acceptors (Lipinski definition) is 5. The average Bonchev–Trinajstić information content (AvgIpc) is 3.10. The van der Waals surface area contributed by atoms with Gasteiger partial charge in [-0.25, -0.2) is 0 Å². The highest BCUT2D eigenvalue weighted by molar-refractivity contribution is 6.37. The van der Waals surface area contributed by atoms with Crippen LogP contribution in [0.1, 0.15) is 16.2 Å². The van der Waals surface area contributed by atoms with Crippen LogP contribution in [0, 0.1) is 0 Å². The summed E-state index contributed by atoms with van der Waals surface area (Å²) in [5.74, 6) is 0.775. The summed E-state index contributed by atoms with van der Waals surface area (Å²) in [6.07, 6.45) is 0. The molecule has 0 atom stereocenters. The van der Waals surface area contributed by atoms with Crippen LogP contribution in [-0.2, 0) is 6.61 Å². The number of fused-ring (bicyclic) bond motifs is 1. The Balaban J connectivity index is 1.61. The van der Waals surface area contributed by atoms with Crippen LogP contribution in [0.2, 0.25) is 10.0 Å². The zero-order valence-electron chi connectivity index (χ0n) is 14.7. The number of H-pyrrole nitrogens is 1. The summed E-state index contributed by atoms with van der Waals surface area (Å²) in [4.78, 5) is 31.3. The lowest BCUT2D eigenvalue weighted by molar-refractivity contribution is 0.102. The molecule has 2 N–H and O–H groups in total. The Bertz CT molecular complexity index is 1250. The second-order valence-electron chi connectivity index (χ2n) is 5.96. The number of rotatable bonds is 5. The number of carbonyl (C=O) groups is 1. The maximum atomic E-state index is 12.6. The number of carbonyl (C=O) groups excluding carboxylic acids is 1. The highest BCUT2D eigenvalue weighted by Gasteiger charge is 2.15. The Hall–Kier alpha value is -3.36. The van der Waals surface area contributed by atoms with Crippen molar-refractivity contribution in [2.45, 2.75) is 6.61 Å². The Kier molecular flexibility index (Phi) is 5.20. The number of amides is 1. The van der Waals surface area contributed by atoms with E-state index in [1.807, 2.05) is 18.2 Å². The normalized spacial score (nSPS) is 10.8. The number of benzene rings is 2. The van der Waals surface area contributed by atoms with Crippen LogP contribution in [0.4, 0.5) is 5.82 Å². The summed E-state index contributed by atoms with van der Waals surface area (Å²) in [5, 5.41) is 7.51. The van der Waals surface area contributed by atoms with E-state index in [4.69, 9.17) is 27.9 Å². The topological polar surface area (TPSA) is 101 Å². The van der Waals surface area contributed by atoms with Crippen LogP contribution in [0.25, 0.3) is 5.78 Å². The summed E-state index contributed by atoms with van der Waals surface area (Å²) in [5.41, 5.74) is -0.241. The van der Waals surface area contributed by atoms with E-state index in [1.165, 1.54) is 22.7 Å². The first kappa shape index (κ1) is 19.0. The van der Waals surface area contributed by atoms with E-state index in [2.05, 4.69) is 20.4 Å². The number of hydrogen-bond donors (Lipinski definition) is 2. The summed E-state index contributed by atoms with van der Waals surface area (Å²) >= 11 is 11.9. The maximum absolute atomic E-state index is 12.6. The average molecular weight is 430 g/mol. The highest BCUT2D eigenvalue weighted by Crippen LogP contribution is 2.22. The monoisotopic (exact) mass is 429 g/mol. The minimum Gasteiger partial charge on any atom is -0.486 e. The number of nitrogens with one attached hydrogen (secondary N) is 2. The Morgan fingerprint density at radius 2 is 1.93 bits per heavy atom. The van der Waals surface area contributed by atoms with Gasteiger partial charge in [-0.15, -0.1) is 5.10 Å². The number of ether oxygens (including phenoxy) is 1. The lowest BCUT2D eigenvalue weighted by Crippen LogP contribution is -2.19. The van der Waals surface area contributed by atoms with Crippen LogP contribution in [0.15, 0.2) is 59.4 Å². The molecule has 0 radical (unpaired) electrons. The Morgan fingerprint density at radius 3 is 2.69 bits per heavy atom. The van der Waals surface area contributed by atoms with Crippen LogP contribution in [0.3, 0.4) is 0 Å². The fourth-order valence-corrected chi connectivity index (χ4v) is 3.10. The molecule has 2 aromatic carbocycles. The summed E-state index contributed by atoms with van der Waals surface area (Å²) in [6.45, 7) is 0.0874. The van der Waals surface area contributed by atoms with Gasteiger partial charge in [0.05, 0.1) is 10.6 Å². The van der Waals surface area contributed by atoms with E-state index in [1.54, 1.807) is 18.2 Å². The van der Waals surface area contributed by atoms with Crippen molar-refractivity contribution in [2.75, 3.05) is 5.32 Å². The van der Waals surface area contributed by atoms with Gasteiger partial charge in [-0.2, -0.15) is 9.50 Å². The molecule has 1 amide bonds. The van der Waals surface area contributed by atoms with Gasteiger partial charge in [0.15, 0.2) is 5.82 Å². The summed E-state index contributed by atoms with van der Waals surface area (Å²) in [6, 6.07) is 14.9. The lowest BCUT2D eigenvalue weighted by Gasteiger charge is -2.08. The summed E-state index contributed by atoms with van der Waals surface area (Å²) < 4.78 is 6.93. The zero-order chi connectivity index (χ0) is 20.4. The molecule has 0 saturated carbocycles. The molecule has 0 unspecified atom stereocenters. The molecule has 146 valence electrons. The second-order valence-corrected chi connectivity index (χ2v) is 6.81. The van der Waals surface area contributed by atoms with Gasteiger partial charge in [-0.3, -0.25) is 14.6 Å². The zero-order valence-corrected chi connectivity index (χ0v) is 16.2. The molecule has 2 heterocycles. The predicted molar refractivity (Wildman–Crippen MR) is 109 cm³/mol. The van der Waals surface area contributed by atoms with Gasteiger partial charge in [-0.1, -0.05) is 41.4 Å². The van der Waals surface area contributed by atoms with Gasteiger partial charge < -0.3 is 10.1 Å². The SMILES string of the molecule is O=C(Nc1cc(=O)[nH]c2nc(COc3ccccc3)nn12)c1ccc(Cl)cc1Cl. The van der Waals surface area contributed by atoms with Crippen LogP contribution in [0.5, 0.6) is 5.75 Å². The molecule has 0 aliphatic rings. The number of aromatic nitrogens is 4. The molecule has 0 aliphatic heterocycles. The molecule has 10 heteroatoms. The molecule has 4 aromatic rings. The van der Waals surface area contributed by atoms with Crippen molar-refractivity contribution in [3.05, 3.63) is 86.4 Å². The van der Waals surface area contributed by atoms with Gasteiger partial charge in [-0.05, 0) is 30.3 Å². The van der Waals surface area contributed by atoms with Crippen molar-refractivity contribution in [3.63, 3.8) is 0 Å². The van der Waals surface area contributed by atoms with E-state index >= 15 is 0 Å². The van der Waals surface area contributed by atoms with Crippen LogP contribution < -0.4 is 15.6 Å².